The highest BCUT2D eigenvalue weighted by atomic mass is 19.1. The minimum atomic E-state index is -0.551. The van der Waals surface area contributed by atoms with Gasteiger partial charge in [0.25, 0.3) is 5.91 Å². The Morgan fingerprint density at radius 3 is 2.40 bits per heavy atom. The van der Waals surface area contributed by atoms with Crippen LogP contribution in [0.25, 0.3) is 17.1 Å². The second-order valence-electron chi connectivity index (χ2n) is 8.90. The van der Waals surface area contributed by atoms with E-state index in [0.717, 1.165) is 38.4 Å². The summed E-state index contributed by atoms with van der Waals surface area (Å²) in [5.41, 5.74) is 1.65. The molecule has 0 saturated carbocycles. The number of aromatic hydroxyl groups is 2. The second kappa shape index (κ2) is 9.91. The van der Waals surface area contributed by atoms with Crippen LogP contribution in [0.2, 0.25) is 0 Å². The third-order valence-electron chi connectivity index (χ3n) is 6.46. The van der Waals surface area contributed by atoms with Gasteiger partial charge in [-0.1, -0.05) is 20.8 Å². The second-order valence-corrected chi connectivity index (χ2v) is 8.90. The number of phenolic OH excluding ortho intramolecular Hbond substituents is 2. The smallest absolute Gasteiger partial charge is 0.289 e. The molecule has 35 heavy (non-hydrogen) atoms. The fourth-order valence-corrected chi connectivity index (χ4v) is 4.38. The van der Waals surface area contributed by atoms with Gasteiger partial charge in [0.2, 0.25) is 5.82 Å². The predicted molar refractivity (Wildman–Crippen MR) is 132 cm³/mol. The van der Waals surface area contributed by atoms with Crippen LogP contribution in [0.1, 0.15) is 42.9 Å². The molecule has 3 N–H and O–H groups in total. The molecule has 0 bridgehead atoms. The first-order valence-corrected chi connectivity index (χ1v) is 11.8. The van der Waals surface area contributed by atoms with Crippen LogP contribution in [0.4, 0.5) is 10.1 Å². The van der Waals surface area contributed by atoms with Crippen LogP contribution in [0.3, 0.4) is 0 Å². The summed E-state index contributed by atoms with van der Waals surface area (Å²) >= 11 is 0. The van der Waals surface area contributed by atoms with E-state index in [9.17, 15) is 15.0 Å². The number of carbonyl (C=O) groups is 1. The lowest BCUT2D eigenvalue weighted by Crippen LogP contribution is -2.46. The highest BCUT2D eigenvalue weighted by Gasteiger charge is 2.26. The zero-order chi connectivity index (χ0) is 25.3. The van der Waals surface area contributed by atoms with Crippen LogP contribution >= 0.6 is 0 Å². The van der Waals surface area contributed by atoms with E-state index in [2.05, 4.69) is 32.2 Å². The number of carbonyl (C=O) groups excluding carboxylic acids is 1. The lowest BCUT2D eigenvalue weighted by molar-refractivity contribution is 0.0950. The van der Waals surface area contributed by atoms with Crippen molar-refractivity contribution in [2.24, 2.45) is 0 Å². The largest absolute Gasteiger partial charge is 0.508 e. The number of rotatable bonds is 6. The Hall–Kier alpha value is -3.66. The van der Waals surface area contributed by atoms with Crippen LogP contribution in [-0.4, -0.2) is 75.6 Å². The summed E-state index contributed by atoms with van der Waals surface area (Å²) in [5.74, 6) is -1.49. The molecule has 9 nitrogen and oxygen atoms in total. The number of nitrogens with zero attached hydrogens (tertiary/aromatic N) is 5. The Morgan fingerprint density at radius 1 is 1.09 bits per heavy atom. The Kier molecular flexibility index (Phi) is 6.93. The average molecular weight is 483 g/mol. The number of amides is 1. The molecule has 2 heterocycles. The number of hydrogen-bond acceptors (Lipinski definition) is 7. The van der Waals surface area contributed by atoms with Crippen LogP contribution in [-0.2, 0) is 0 Å². The van der Waals surface area contributed by atoms with Crippen molar-refractivity contribution in [3.63, 3.8) is 0 Å². The number of phenols is 2. The van der Waals surface area contributed by atoms with E-state index in [4.69, 9.17) is 0 Å². The Bertz CT molecular complexity index is 1230. The molecule has 1 aliphatic rings. The molecule has 1 fully saturated rings. The first-order chi connectivity index (χ1) is 16.7. The van der Waals surface area contributed by atoms with E-state index in [0.29, 0.717) is 5.56 Å². The molecule has 0 unspecified atom stereocenters. The van der Waals surface area contributed by atoms with Gasteiger partial charge in [0.15, 0.2) is 5.82 Å². The summed E-state index contributed by atoms with van der Waals surface area (Å²) < 4.78 is 16.9. The fraction of sp³-hybridized carbons (Fsp3) is 0.400. The van der Waals surface area contributed by atoms with Gasteiger partial charge in [0, 0.05) is 45.0 Å². The molecule has 1 saturated heterocycles. The number of likely N-dealkylation sites (N-methyl/N-ethyl adjacent to an activating group) is 1. The lowest BCUT2D eigenvalue weighted by Gasteiger charge is -2.35. The van der Waals surface area contributed by atoms with E-state index in [-0.39, 0.29) is 40.3 Å². The molecule has 0 radical (unpaired) electrons. The zero-order valence-electron chi connectivity index (χ0n) is 20.4. The van der Waals surface area contributed by atoms with Crippen molar-refractivity contribution < 1.29 is 19.4 Å². The minimum absolute atomic E-state index is 0.0478. The SMILES string of the molecule is CCN1CCN(c2ccc(-n3c(C(=O)NC)nnc3-c3cc(C(C)C)c(O)cc3O)c(F)c2)CC1. The molecule has 2 aromatic carbocycles. The standard InChI is InChI=1S/C25H31FN6O3/c1-5-30-8-10-31(11-9-30)16-6-7-20(19(26)12-16)32-23(28-29-24(32)25(35)27-4)18-13-17(15(2)3)21(33)14-22(18)34/h6-7,12-15,33-34H,5,8-11H2,1-4H3,(H,27,35). The van der Waals surface area contributed by atoms with Gasteiger partial charge < -0.3 is 25.3 Å². The van der Waals surface area contributed by atoms with Gasteiger partial charge in [-0.15, -0.1) is 10.2 Å². The quantitative estimate of drug-likeness (QED) is 0.496. The first-order valence-electron chi connectivity index (χ1n) is 11.8. The first kappa shape index (κ1) is 24.5. The molecular weight excluding hydrogens is 451 g/mol. The van der Waals surface area contributed by atoms with E-state index < -0.39 is 11.7 Å². The topological polar surface area (TPSA) is 107 Å². The summed E-state index contributed by atoms with van der Waals surface area (Å²) in [6.45, 7) is 10.3. The fourth-order valence-electron chi connectivity index (χ4n) is 4.38. The number of nitrogens with one attached hydrogen (secondary N) is 1. The highest BCUT2D eigenvalue weighted by Crippen LogP contribution is 2.38. The molecule has 0 spiro atoms. The van der Waals surface area contributed by atoms with Crippen molar-refractivity contribution in [1.82, 2.24) is 25.0 Å². The Balaban J connectivity index is 1.81. The van der Waals surface area contributed by atoms with Gasteiger partial charge in [-0.05, 0) is 42.3 Å². The van der Waals surface area contributed by atoms with Crippen LogP contribution in [0.5, 0.6) is 11.5 Å². The highest BCUT2D eigenvalue weighted by molar-refractivity contribution is 5.92. The van der Waals surface area contributed by atoms with Gasteiger partial charge in [0.05, 0.1) is 11.3 Å². The van der Waals surface area contributed by atoms with Gasteiger partial charge in [-0.3, -0.25) is 9.36 Å². The summed E-state index contributed by atoms with van der Waals surface area (Å²) in [6.07, 6.45) is 0. The van der Waals surface area contributed by atoms with E-state index in [1.54, 1.807) is 12.1 Å². The van der Waals surface area contributed by atoms with Crippen LogP contribution in [0.15, 0.2) is 30.3 Å². The Labute approximate surface area is 203 Å². The summed E-state index contributed by atoms with van der Waals surface area (Å²) in [7, 11) is 1.45. The van der Waals surface area contributed by atoms with Crippen molar-refractivity contribution in [3.8, 4) is 28.6 Å². The zero-order valence-corrected chi connectivity index (χ0v) is 20.4. The lowest BCUT2D eigenvalue weighted by atomic mass is 9.98. The monoisotopic (exact) mass is 482 g/mol. The minimum Gasteiger partial charge on any atom is -0.508 e. The maximum Gasteiger partial charge on any atom is 0.289 e. The molecule has 1 aliphatic heterocycles. The van der Waals surface area contributed by atoms with Crippen molar-refractivity contribution in [2.75, 3.05) is 44.7 Å². The number of halogens is 1. The maximum atomic E-state index is 15.6. The summed E-state index contributed by atoms with van der Waals surface area (Å²) in [4.78, 5) is 17.1. The number of aromatic nitrogens is 3. The summed E-state index contributed by atoms with van der Waals surface area (Å²) in [5, 5.41) is 31.5. The van der Waals surface area contributed by atoms with Gasteiger partial charge in [0.1, 0.15) is 17.3 Å². The third-order valence-corrected chi connectivity index (χ3v) is 6.46. The predicted octanol–water partition coefficient (Wildman–Crippen LogP) is 3.11. The Morgan fingerprint density at radius 2 is 1.80 bits per heavy atom. The van der Waals surface area contributed by atoms with Crippen molar-refractivity contribution in [3.05, 3.63) is 47.5 Å². The van der Waals surface area contributed by atoms with E-state index in [1.807, 2.05) is 19.9 Å². The maximum absolute atomic E-state index is 15.6. The third kappa shape index (κ3) is 4.66. The molecule has 0 atom stereocenters. The number of hydrogen-bond donors (Lipinski definition) is 3. The molecule has 0 aliphatic carbocycles. The molecule has 186 valence electrons. The van der Waals surface area contributed by atoms with Crippen LogP contribution in [0, 0.1) is 5.82 Å². The van der Waals surface area contributed by atoms with Gasteiger partial charge in [-0.2, -0.15) is 0 Å². The number of benzene rings is 2. The molecule has 10 heteroatoms. The van der Waals surface area contributed by atoms with Crippen LogP contribution < -0.4 is 10.2 Å². The molecular formula is C25H31FN6O3. The molecule has 4 rings (SSSR count). The number of piperazine rings is 1. The number of anilines is 1. The van der Waals surface area contributed by atoms with Crippen molar-refractivity contribution >= 4 is 11.6 Å². The van der Waals surface area contributed by atoms with Gasteiger partial charge in [-0.25, -0.2) is 4.39 Å². The van der Waals surface area contributed by atoms with Crippen molar-refractivity contribution in [1.29, 1.82) is 0 Å². The average Bonchev–Trinajstić information content (AvgIpc) is 3.27. The van der Waals surface area contributed by atoms with Crippen molar-refractivity contribution in [2.45, 2.75) is 26.7 Å². The molecule has 1 amide bonds. The van der Waals surface area contributed by atoms with E-state index in [1.165, 1.54) is 23.7 Å². The molecule has 3 aromatic rings. The normalized spacial score (nSPS) is 14.5. The van der Waals surface area contributed by atoms with E-state index >= 15 is 4.39 Å². The molecule has 1 aromatic heterocycles. The summed E-state index contributed by atoms with van der Waals surface area (Å²) in [6, 6.07) is 7.66. The van der Waals surface area contributed by atoms with Gasteiger partial charge >= 0.3 is 0 Å².